The minimum Gasteiger partial charge on any atom is -0.477 e. The minimum absolute atomic E-state index is 0.102. The highest BCUT2D eigenvalue weighted by Crippen LogP contribution is 2.20. The van der Waals surface area contributed by atoms with Crippen LogP contribution in [0.3, 0.4) is 0 Å². The van der Waals surface area contributed by atoms with Crippen molar-refractivity contribution < 1.29 is 23.4 Å². The zero-order valence-electron chi connectivity index (χ0n) is 11.8. The van der Waals surface area contributed by atoms with Crippen LogP contribution in [0.2, 0.25) is 0 Å². The standard InChI is InChI=1S/C12H20N2O5S/c1-4-12(2,5-6-15)13-20(18,19)9-7-10(11(16)17)14(3)8-9/h7-8,13,15H,4-6H2,1-3H3,(H,16,17). The van der Waals surface area contributed by atoms with Gasteiger partial charge in [-0.2, -0.15) is 0 Å². The number of nitrogens with zero attached hydrogens (tertiary/aromatic N) is 1. The molecule has 1 heterocycles. The van der Waals surface area contributed by atoms with E-state index < -0.39 is 21.5 Å². The molecule has 1 unspecified atom stereocenters. The van der Waals surface area contributed by atoms with E-state index in [1.807, 2.05) is 6.92 Å². The van der Waals surface area contributed by atoms with E-state index in [1.54, 1.807) is 6.92 Å². The lowest BCUT2D eigenvalue weighted by Gasteiger charge is -2.28. The molecular formula is C12H20N2O5S. The van der Waals surface area contributed by atoms with Crippen molar-refractivity contribution in [3.63, 3.8) is 0 Å². The number of carboxylic acid groups (broad SMARTS) is 1. The van der Waals surface area contributed by atoms with E-state index in [2.05, 4.69) is 4.72 Å². The van der Waals surface area contributed by atoms with Crippen molar-refractivity contribution in [1.82, 2.24) is 9.29 Å². The van der Waals surface area contributed by atoms with Crippen molar-refractivity contribution in [3.8, 4) is 0 Å². The number of aliphatic hydroxyl groups excluding tert-OH is 1. The van der Waals surface area contributed by atoms with Gasteiger partial charge in [0.25, 0.3) is 0 Å². The Kier molecular flexibility index (Phi) is 4.95. The zero-order valence-corrected chi connectivity index (χ0v) is 12.6. The molecule has 0 bridgehead atoms. The molecule has 3 N–H and O–H groups in total. The minimum atomic E-state index is -3.83. The molecule has 7 nitrogen and oxygen atoms in total. The van der Waals surface area contributed by atoms with Gasteiger partial charge >= 0.3 is 5.97 Å². The van der Waals surface area contributed by atoms with Crippen LogP contribution in [0.4, 0.5) is 0 Å². The van der Waals surface area contributed by atoms with Crippen LogP contribution in [0.5, 0.6) is 0 Å². The van der Waals surface area contributed by atoms with Gasteiger partial charge in [0.05, 0.1) is 0 Å². The molecule has 0 spiro atoms. The van der Waals surface area contributed by atoms with Gasteiger partial charge in [0, 0.05) is 25.4 Å². The maximum atomic E-state index is 12.3. The van der Waals surface area contributed by atoms with Crippen LogP contribution in [0.25, 0.3) is 0 Å². The molecule has 0 saturated heterocycles. The van der Waals surface area contributed by atoms with Gasteiger partial charge in [-0.3, -0.25) is 0 Å². The van der Waals surface area contributed by atoms with Crippen LogP contribution in [0.15, 0.2) is 17.2 Å². The van der Waals surface area contributed by atoms with E-state index in [0.29, 0.717) is 6.42 Å². The summed E-state index contributed by atoms with van der Waals surface area (Å²) in [6.45, 7) is 3.37. The largest absolute Gasteiger partial charge is 0.477 e. The third-order valence-corrected chi connectivity index (χ3v) is 4.94. The van der Waals surface area contributed by atoms with Crippen molar-refractivity contribution in [3.05, 3.63) is 18.0 Å². The van der Waals surface area contributed by atoms with Gasteiger partial charge in [-0.15, -0.1) is 0 Å². The molecule has 1 aromatic heterocycles. The lowest BCUT2D eigenvalue weighted by atomic mass is 9.97. The van der Waals surface area contributed by atoms with E-state index >= 15 is 0 Å². The number of aliphatic hydroxyl groups is 1. The maximum Gasteiger partial charge on any atom is 0.352 e. The second kappa shape index (κ2) is 5.94. The van der Waals surface area contributed by atoms with Crippen LogP contribution in [0.1, 0.15) is 37.2 Å². The van der Waals surface area contributed by atoms with E-state index in [4.69, 9.17) is 10.2 Å². The Morgan fingerprint density at radius 2 is 2.10 bits per heavy atom. The molecule has 0 aliphatic rings. The monoisotopic (exact) mass is 304 g/mol. The predicted molar refractivity (Wildman–Crippen MR) is 73.1 cm³/mol. The summed E-state index contributed by atoms with van der Waals surface area (Å²) in [5.41, 5.74) is -0.877. The van der Waals surface area contributed by atoms with Crippen LogP contribution in [-0.4, -0.2) is 41.3 Å². The smallest absolute Gasteiger partial charge is 0.352 e. The first-order chi connectivity index (χ1) is 9.15. The number of hydrogen-bond donors (Lipinski definition) is 3. The Labute approximate surface area is 118 Å². The molecule has 0 aromatic carbocycles. The van der Waals surface area contributed by atoms with Gasteiger partial charge in [0.15, 0.2) is 0 Å². The summed E-state index contributed by atoms with van der Waals surface area (Å²) >= 11 is 0. The van der Waals surface area contributed by atoms with Gasteiger partial charge in [-0.05, 0) is 25.8 Å². The molecule has 20 heavy (non-hydrogen) atoms. The topological polar surface area (TPSA) is 109 Å². The molecule has 1 aromatic rings. The highest BCUT2D eigenvalue weighted by Gasteiger charge is 2.30. The summed E-state index contributed by atoms with van der Waals surface area (Å²) in [5.74, 6) is -1.19. The third kappa shape index (κ3) is 3.59. The number of hydrogen-bond acceptors (Lipinski definition) is 4. The van der Waals surface area contributed by atoms with Crippen molar-refractivity contribution >= 4 is 16.0 Å². The Balaban J connectivity index is 3.11. The summed E-state index contributed by atoms with van der Waals surface area (Å²) in [5, 5.41) is 17.9. The first-order valence-electron chi connectivity index (χ1n) is 6.19. The van der Waals surface area contributed by atoms with E-state index in [1.165, 1.54) is 17.8 Å². The van der Waals surface area contributed by atoms with Crippen LogP contribution in [0, 0.1) is 0 Å². The summed E-state index contributed by atoms with van der Waals surface area (Å²) in [6.07, 6.45) is 2.04. The second-order valence-corrected chi connectivity index (χ2v) is 6.65. The molecular weight excluding hydrogens is 284 g/mol. The van der Waals surface area contributed by atoms with Gasteiger partial charge in [-0.1, -0.05) is 6.92 Å². The van der Waals surface area contributed by atoms with Crippen LogP contribution < -0.4 is 4.72 Å². The normalized spacial score (nSPS) is 15.0. The fourth-order valence-electron chi connectivity index (χ4n) is 1.82. The molecule has 1 atom stereocenters. The van der Waals surface area contributed by atoms with Gasteiger partial charge < -0.3 is 14.8 Å². The second-order valence-electron chi connectivity index (χ2n) is 4.97. The highest BCUT2D eigenvalue weighted by atomic mass is 32.2. The summed E-state index contributed by atoms with van der Waals surface area (Å²) in [7, 11) is -2.37. The number of aryl methyl sites for hydroxylation is 1. The molecule has 114 valence electrons. The van der Waals surface area contributed by atoms with Crippen molar-refractivity contribution in [2.24, 2.45) is 7.05 Å². The number of carboxylic acids is 1. The number of aromatic nitrogens is 1. The lowest BCUT2D eigenvalue weighted by molar-refractivity contribution is 0.0686. The Morgan fingerprint density at radius 1 is 1.50 bits per heavy atom. The van der Waals surface area contributed by atoms with Gasteiger partial charge in [0.2, 0.25) is 10.0 Å². The lowest BCUT2D eigenvalue weighted by Crippen LogP contribution is -2.45. The van der Waals surface area contributed by atoms with E-state index in [0.717, 1.165) is 6.07 Å². The van der Waals surface area contributed by atoms with E-state index in [9.17, 15) is 13.2 Å². The Bertz CT molecular complexity index is 593. The zero-order chi connectivity index (χ0) is 15.6. The Hall–Kier alpha value is -1.38. The molecule has 0 amide bonds. The summed E-state index contributed by atoms with van der Waals surface area (Å²) in [4.78, 5) is 10.8. The molecule has 0 aliphatic carbocycles. The van der Waals surface area contributed by atoms with Crippen LogP contribution in [-0.2, 0) is 17.1 Å². The first kappa shape index (κ1) is 16.7. The van der Waals surface area contributed by atoms with Gasteiger partial charge in [-0.25, -0.2) is 17.9 Å². The predicted octanol–water partition coefficient (Wildman–Crippen LogP) is 0.553. The number of sulfonamides is 1. The summed E-state index contributed by atoms with van der Waals surface area (Å²) in [6, 6.07) is 1.11. The number of aromatic carboxylic acids is 1. The van der Waals surface area contributed by atoms with Crippen molar-refractivity contribution in [2.45, 2.75) is 37.1 Å². The molecule has 0 fully saturated rings. The quantitative estimate of drug-likeness (QED) is 0.682. The number of carbonyl (C=O) groups is 1. The fraction of sp³-hybridized carbons (Fsp3) is 0.583. The average molecular weight is 304 g/mol. The maximum absolute atomic E-state index is 12.3. The number of nitrogens with one attached hydrogen (secondary N) is 1. The van der Waals surface area contributed by atoms with Crippen molar-refractivity contribution in [2.75, 3.05) is 6.61 Å². The Morgan fingerprint density at radius 3 is 2.50 bits per heavy atom. The SMILES string of the molecule is CCC(C)(CCO)NS(=O)(=O)c1cc(C(=O)O)n(C)c1. The molecule has 0 saturated carbocycles. The average Bonchev–Trinajstić information content (AvgIpc) is 2.72. The fourth-order valence-corrected chi connectivity index (χ4v) is 3.40. The number of rotatable bonds is 7. The molecule has 0 radical (unpaired) electrons. The van der Waals surface area contributed by atoms with E-state index in [-0.39, 0.29) is 23.6 Å². The van der Waals surface area contributed by atoms with Crippen molar-refractivity contribution in [1.29, 1.82) is 0 Å². The molecule has 1 rings (SSSR count). The summed E-state index contributed by atoms with van der Waals surface area (Å²) < 4.78 is 28.3. The molecule has 0 aliphatic heterocycles. The van der Waals surface area contributed by atoms with Gasteiger partial charge in [0.1, 0.15) is 10.6 Å². The van der Waals surface area contributed by atoms with Crippen LogP contribution >= 0.6 is 0 Å². The third-order valence-electron chi connectivity index (χ3n) is 3.33. The highest BCUT2D eigenvalue weighted by molar-refractivity contribution is 7.89. The molecule has 8 heteroatoms. The first-order valence-corrected chi connectivity index (χ1v) is 7.68.